The molecule has 1 aliphatic heterocycles. The van der Waals surface area contributed by atoms with Crippen LogP contribution in [0.3, 0.4) is 0 Å². The summed E-state index contributed by atoms with van der Waals surface area (Å²) in [4.78, 5) is 26.0. The zero-order chi connectivity index (χ0) is 14.9. The van der Waals surface area contributed by atoms with Gasteiger partial charge in [-0.25, -0.2) is 4.39 Å². The summed E-state index contributed by atoms with van der Waals surface area (Å²) in [5, 5.41) is 2.64. The quantitative estimate of drug-likeness (QED) is 0.786. The average molecular weight is 390 g/mol. The van der Waals surface area contributed by atoms with Crippen LogP contribution in [0, 0.1) is 14.8 Å². The van der Waals surface area contributed by atoms with Crippen molar-refractivity contribution in [3.05, 3.63) is 33.1 Å². The summed E-state index contributed by atoms with van der Waals surface area (Å²) >= 11 is 1.95. The largest absolute Gasteiger partial charge is 0.359 e. The van der Waals surface area contributed by atoms with Crippen LogP contribution in [0.5, 0.6) is 0 Å². The third-order valence-electron chi connectivity index (χ3n) is 3.70. The van der Waals surface area contributed by atoms with E-state index in [1.54, 1.807) is 11.9 Å². The van der Waals surface area contributed by atoms with E-state index in [2.05, 4.69) is 5.32 Å². The Bertz CT molecular complexity index is 564. The lowest BCUT2D eigenvalue weighted by Gasteiger charge is -2.23. The topological polar surface area (TPSA) is 49.4 Å². The highest BCUT2D eigenvalue weighted by Crippen LogP contribution is 2.31. The summed E-state index contributed by atoms with van der Waals surface area (Å²) in [7, 11) is 1.60. The van der Waals surface area contributed by atoms with Crippen molar-refractivity contribution in [3.63, 3.8) is 0 Å². The maximum Gasteiger partial charge on any atom is 0.254 e. The molecule has 1 fully saturated rings. The van der Waals surface area contributed by atoms with E-state index in [4.69, 9.17) is 0 Å². The first-order valence-corrected chi connectivity index (χ1v) is 7.42. The van der Waals surface area contributed by atoms with Gasteiger partial charge in [0, 0.05) is 23.7 Å². The summed E-state index contributed by atoms with van der Waals surface area (Å²) < 4.78 is 13.7. The number of amides is 2. The van der Waals surface area contributed by atoms with E-state index in [0.717, 1.165) is 0 Å². The molecular formula is C14H16FIN2O2. The van der Waals surface area contributed by atoms with Crippen molar-refractivity contribution < 1.29 is 14.0 Å². The lowest BCUT2D eigenvalue weighted by molar-refractivity contribution is -0.128. The second-order valence-corrected chi connectivity index (χ2v) is 6.40. The average Bonchev–Trinajstić information content (AvgIpc) is 2.81. The number of hydrogen-bond acceptors (Lipinski definition) is 2. The minimum absolute atomic E-state index is 0.0541. The van der Waals surface area contributed by atoms with Gasteiger partial charge in [-0.05, 0) is 54.1 Å². The Balaban J connectivity index is 2.18. The van der Waals surface area contributed by atoms with Gasteiger partial charge >= 0.3 is 0 Å². The van der Waals surface area contributed by atoms with Crippen LogP contribution in [0.25, 0.3) is 0 Å². The van der Waals surface area contributed by atoms with E-state index in [1.807, 2.05) is 29.5 Å². The van der Waals surface area contributed by atoms with Crippen molar-refractivity contribution in [3.8, 4) is 0 Å². The first-order valence-electron chi connectivity index (χ1n) is 6.34. The Kier molecular flexibility index (Phi) is 4.31. The molecular weight excluding hydrogens is 374 g/mol. The van der Waals surface area contributed by atoms with Gasteiger partial charge in [0.05, 0.1) is 11.0 Å². The second kappa shape index (κ2) is 5.67. The molecule has 1 aromatic carbocycles. The summed E-state index contributed by atoms with van der Waals surface area (Å²) in [5.74, 6) is -0.564. The van der Waals surface area contributed by atoms with E-state index in [-0.39, 0.29) is 17.6 Å². The van der Waals surface area contributed by atoms with Crippen molar-refractivity contribution in [1.82, 2.24) is 10.2 Å². The molecule has 4 nitrogen and oxygen atoms in total. The molecule has 1 saturated heterocycles. The third-order valence-corrected chi connectivity index (χ3v) is 4.59. The molecule has 2 rings (SSSR count). The van der Waals surface area contributed by atoms with Gasteiger partial charge in [0.2, 0.25) is 5.91 Å². The highest BCUT2D eigenvalue weighted by Gasteiger charge is 2.41. The molecule has 20 heavy (non-hydrogen) atoms. The highest BCUT2D eigenvalue weighted by atomic mass is 127. The number of nitrogens with zero attached hydrogens (tertiary/aromatic N) is 1. The second-order valence-electron chi connectivity index (χ2n) is 5.24. The number of rotatable bonds is 2. The maximum atomic E-state index is 13.1. The molecule has 1 aromatic rings. The fraction of sp³-hybridized carbons (Fsp3) is 0.429. The van der Waals surface area contributed by atoms with Gasteiger partial charge in [-0.1, -0.05) is 0 Å². The lowest BCUT2D eigenvalue weighted by Crippen LogP contribution is -2.40. The Morgan fingerprint density at radius 3 is 2.75 bits per heavy atom. The molecule has 0 aromatic heterocycles. The lowest BCUT2D eigenvalue weighted by atomic mass is 9.89. The zero-order valence-corrected chi connectivity index (χ0v) is 13.5. The van der Waals surface area contributed by atoms with E-state index in [0.29, 0.717) is 28.6 Å². The summed E-state index contributed by atoms with van der Waals surface area (Å²) in [6, 6.07) is 4.11. The van der Waals surface area contributed by atoms with Crippen LogP contribution in [0.1, 0.15) is 23.7 Å². The van der Waals surface area contributed by atoms with Crippen LogP contribution >= 0.6 is 22.6 Å². The molecule has 1 aliphatic rings. The van der Waals surface area contributed by atoms with Crippen LogP contribution in [0.2, 0.25) is 0 Å². The first kappa shape index (κ1) is 15.2. The summed E-state index contributed by atoms with van der Waals surface area (Å²) in [6.07, 6.45) is 0.635. The molecule has 0 radical (unpaired) electrons. The Labute approximate surface area is 130 Å². The first-order chi connectivity index (χ1) is 9.37. The number of nitrogens with one attached hydrogen (secondary N) is 1. The predicted octanol–water partition coefficient (Wildman–Crippen LogP) is 2.03. The molecule has 1 atom stereocenters. The normalized spacial score (nSPS) is 21.9. The molecule has 108 valence electrons. The number of carbonyl (C=O) groups excluding carboxylic acids is 2. The van der Waals surface area contributed by atoms with Crippen LogP contribution < -0.4 is 5.32 Å². The molecule has 1 N–H and O–H groups in total. The molecule has 0 spiro atoms. The van der Waals surface area contributed by atoms with Gasteiger partial charge in [-0.2, -0.15) is 0 Å². The molecule has 0 bridgehead atoms. The fourth-order valence-electron chi connectivity index (χ4n) is 2.45. The SMILES string of the molecule is CNC(=O)C1(C)CCN(C(=O)c2ccc(F)cc2I)C1. The van der Waals surface area contributed by atoms with Crippen LogP contribution in [0.15, 0.2) is 18.2 Å². The van der Waals surface area contributed by atoms with Gasteiger partial charge in [0.25, 0.3) is 5.91 Å². The van der Waals surface area contributed by atoms with Crippen molar-refractivity contribution >= 4 is 34.4 Å². The van der Waals surface area contributed by atoms with E-state index in [9.17, 15) is 14.0 Å². The monoisotopic (exact) mass is 390 g/mol. The van der Waals surface area contributed by atoms with Gasteiger partial charge in [0.1, 0.15) is 5.82 Å². The maximum absolute atomic E-state index is 13.1. The third kappa shape index (κ3) is 2.79. The van der Waals surface area contributed by atoms with Crippen LogP contribution in [-0.2, 0) is 4.79 Å². The predicted molar refractivity (Wildman–Crippen MR) is 81.8 cm³/mol. The molecule has 2 amide bonds. The van der Waals surface area contributed by atoms with Gasteiger partial charge in [0.15, 0.2) is 0 Å². The Hall–Kier alpha value is -1.18. The van der Waals surface area contributed by atoms with Gasteiger partial charge in [-0.3, -0.25) is 9.59 Å². The smallest absolute Gasteiger partial charge is 0.254 e. The van der Waals surface area contributed by atoms with E-state index >= 15 is 0 Å². The minimum Gasteiger partial charge on any atom is -0.359 e. The highest BCUT2D eigenvalue weighted by molar-refractivity contribution is 14.1. The number of hydrogen-bond donors (Lipinski definition) is 1. The summed E-state index contributed by atoms with van der Waals surface area (Å²) in [5.41, 5.74) is -0.0660. The zero-order valence-electron chi connectivity index (χ0n) is 11.4. The Morgan fingerprint density at radius 1 is 1.45 bits per heavy atom. The van der Waals surface area contributed by atoms with Crippen molar-refractivity contribution in [2.24, 2.45) is 5.41 Å². The van der Waals surface area contributed by atoms with Crippen molar-refractivity contribution in [1.29, 1.82) is 0 Å². The van der Waals surface area contributed by atoms with Crippen LogP contribution in [0.4, 0.5) is 4.39 Å². The summed E-state index contributed by atoms with van der Waals surface area (Å²) in [6.45, 7) is 2.78. The van der Waals surface area contributed by atoms with Crippen LogP contribution in [-0.4, -0.2) is 36.9 Å². The van der Waals surface area contributed by atoms with E-state index in [1.165, 1.54) is 18.2 Å². The number of halogens is 2. The van der Waals surface area contributed by atoms with Crippen molar-refractivity contribution in [2.45, 2.75) is 13.3 Å². The van der Waals surface area contributed by atoms with E-state index < -0.39 is 5.41 Å². The molecule has 0 aliphatic carbocycles. The minimum atomic E-state index is -0.546. The number of carbonyl (C=O) groups is 2. The van der Waals surface area contributed by atoms with Gasteiger partial charge < -0.3 is 10.2 Å². The molecule has 1 heterocycles. The van der Waals surface area contributed by atoms with Gasteiger partial charge in [-0.15, -0.1) is 0 Å². The molecule has 6 heteroatoms. The molecule has 1 unspecified atom stereocenters. The standard InChI is InChI=1S/C14H16FIN2O2/c1-14(13(20)17-2)5-6-18(8-14)12(19)10-4-3-9(15)7-11(10)16/h3-4,7H,5-6,8H2,1-2H3,(H,17,20). The number of likely N-dealkylation sites (tertiary alicyclic amines) is 1. The van der Waals surface area contributed by atoms with Crippen molar-refractivity contribution in [2.75, 3.05) is 20.1 Å². The molecule has 0 saturated carbocycles. The number of benzene rings is 1. The fourth-order valence-corrected chi connectivity index (χ4v) is 3.16. The Morgan fingerprint density at radius 2 is 2.15 bits per heavy atom.